The van der Waals surface area contributed by atoms with Crippen LogP contribution < -0.4 is 5.73 Å². The van der Waals surface area contributed by atoms with E-state index >= 15 is 0 Å². The van der Waals surface area contributed by atoms with Crippen molar-refractivity contribution >= 4 is 0 Å². The predicted molar refractivity (Wildman–Crippen MR) is 58.5 cm³/mol. The highest BCUT2D eigenvalue weighted by Crippen LogP contribution is 2.29. The molecule has 0 radical (unpaired) electrons. The van der Waals surface area contributed by atoms with Gasteiger partial charge in [0.25, 0.3) is 0 Å². The average molecular weight is 209 g/mol. The molecule has 1 fully saturated rings. The summed E-state index contributed by atoms with van der Waals surface area (Å²) in [6.07, 6.45) is 6.11. The fraction of sp³-hybridized carbons (Fsp3) is 0.727. The van der Waals surface area contributed by atoms with E-state index in [0.29, 0.717) is 12.6 Å². The molecule has 15 heavy (non-hydrogen) atoms. The van der Waals surface area contributed by atoms with Crippen molar-refractivity contribution in [3.8, 4) is 0 Å². The Morgan fingerprint density at radius 1 is 1.67 bits per heavy atom. The standard InChI is InChI=1S/C11H19N3O/c1-14-7-3-5-10(14)11-13-8-9(15-11)4-2-6-12/h8,10H,2-7,12H2,1H3. The second-order valence-corrected chi connectivity index (χ2v) is 4.20. The van der Waals surface area contributed by atoms with Crippen LogP contribution in [0.25, 0.3) is 0 Å². The van der Waals surface area contributed by atoms with Gasteiger partial charge in [-0.15, -0.1) is 0 Å². The van der Waals surface area contributed by atoms with Crippen LogP contribution >= 0.6 is 0 Å². The number of hydrogen-bond acceptors (Lipinski definition) is 4. The maximum absolute atomic E-state index is 5.73. The maximum Gasteiger partial charge on any atom is 0.211 e. The third kappa shape index (κ3) is 2.38. The van der Waals surface area contributed by atoms with E-state index < -0.39 is 0 Å². The van der Waals surface area contributed by atoms with Gasteiger partial charge < -0.3 is 10.2 Å². The zero-order valence-electron chi connectivity index (χ0n) is 9.28. The molecule has 1 aliphatic heterocycles. The largest absolute Gasteiger partial charge is 0.444 e. The second-order valence-electron chi connectivity index (χ2n) is 4.20. The van der Waals surface area contributed by atoms with Crippen LogP contribution in [-0.2, 0) is 6.42 Å². The maximum atomic E-state index is 5.73. The lowest BCUT2D eigenvalue weighted by Crippen LogP contribution is -2.17. The first-order chi connectivity index (χ1) is 7.31. The molecule has 84 valence electrons. The fourth-order valence-electron chi connectivity index (χ4n) is 2.09. The van der Waals surface area contributed by atoms with E-state index in [2.05, 4.69) is 16.9 Å². The lowest BCUT2D eigenvalue weighted by atomic mass is 10.2. The van der Waals surface area contributed by atoms with E-state index in [0.717, 1.165) is 37.5 Å². The Labute approximate surface area is 90.5 Å². The molecule has 1 unspecified atom stereocenters. The summed E-state index contributed by atoms with van der Waals surface area (Å²) in [5.41, 5.74) is 5.46. The van der Waals surface area contributed by atoms with E-state index in [1.165, 1.54) is 6.42 Å². The molecule has 0 amide bonds. The number of nitrogens with zero attached hydrogens (tertiary/aromatic N) is 2. The van der Waals surface area contributed by atoms with Gasteiger partial charge in [0.1, 0.15) is 5.76 Å². The van der Waals surface area contributed by atoms with Crippen LogP contribution in [0.2, 0.25) is 0 Å². The van der Waals surface area contributed by atoms with Gasteiger partial charge in [-0.05, 0) is 39.4 Å². The molecule has 2 rings (SSSR count). The van der Waals surface area contributed by atoms with Gasteiger partial charge in [-0.25, -0.2) is 4.98 Å². The molecule has 4 nitrogen and oxygen atoms in total. The van der Waals surface area contributed by atoms with Gasteiger partial charge in [-0.2, -0.15) is 0 Å². The first kappa shape index (κ1) is 10.6. The van der Waals surface area contributed by atoms with Gasteiger partial charge in [-0.3, -0.25) is 4.90 Å². The zero-order chi connectivity index (χ0) is 10.7. The Bertz CT molecular complexity index is 311. The Hall–Kier alpha value is -0.870. The van der Waals surface area contributed by atoms with Crippen molar-refractivity contribution in [2.24, 2.45) is 5.73 Å². The molecule has 0 aromatic carbocycles. The van der Waals surface area contributed by atoms with Crippen LogP contribution in [0.4, 0.5) is 0 Å². The molecule has 1 aliphatic rings. The number of hydrogen-bond donors (Lipinski definition) is 1. The van der Waals surface area contributed by atoms with Gasteiger partial charge in [-0.1, -0.05) is 0 Å². The zero-order valence-corrected chi connectivity index (χ0v) is 9.28. The molecule has 0 spiro atoms. The summed E-state index contributed by atoms with van der Waals surface area (Å²) in [5.74, 6) is 1.85. The van der Waals surface area contributed by atoms with Crippen LogP contribution in [0.15, 0.2) is 10.6 Å². The molecular weight excluding hydrogens is 190 g/mol. The number of oxazole rings is 1. The summed E-state index contributed by atoms with van der Waals surface area (Å²) in [4.78, 5) is 6.66. The average Bonchev–Trinajstić information content (AvgIpc) is 2.83. The summed E-state index contributed by atoms with van der Waals surface area (Å²) in [6, 6.07) is 0.386. The van der Waals surface area contributed by atoms with Crippen LogP contribution in [-0.4, -0.2) is 30.0 Å². The molecule has 2 N–H and O–H groups in total. The highest BCUT2D eigenvalue weighted by atomic mass is 16.4. The molecule has 0 aliphatic carbocycles. The van der Waals surface area contributed by atoms with Crippen molar-refractivity contribution < 1.29 is 4.42 Å². The fourth-order valence-corrected chi connectivity index (χ4v) is 2.09. The first-order valence-corrected chi connectivity index (χ1v) is 5.66. The van der Waals surface area contributed by atoms with E-state index in [-0.39, 0.29) is 0 Å². The topological polar surface area (TPSA) is 55.3 Å². The van der Waals surface area contributed by atoms with E-state index in [1.807, 2.05) is 6.20 Å². The molecule has 1 atom stereocenters. The summed E-state index contributed by atoms with van der Waals surface area (Å²) in [7, 11) is 2.13. The Morgan fingerprint density at radius 3 is 3.20 bits per heavy atom. The highest BCUT2D eigenvalue weighted by Gasteiger charge is 2.26. The van der Waals surface area contributed by atoms with Crippen molar-refractivity contribution in [2.45, 2.75) is 31.7 Å². The molecule has 1 aromatic heterocycles. The molecule has 2 heterocycles. The lowest BCUT2D eigenvalue weighted by molar-refractivity contribution is 0.263. The van der Waals surface area contributed by atoms with E-state index in [1.54, 1.807) is 0 Å². The van der Waals surface area contributed by atoms with E-state index in [4.69, 9.17) is 10.2 Å². The summed E-state index contributed by atoms with van der Waals surface area (Å²) < 4.78 is 5.73. The van der Waals surface area contributed by atoms with Gasteiger partial charge >= 0.3 is 0 Å². The van der Waals surface area contributed by atoms with Crippen LogP contribution in [0.3, 0.4) is 0 Å². The van der Waals surface area contributed by atoms with Gasteiger partial charge in [0.2, 0.25) is 5.89 Å². The molecule has 0 bridgehead atoms. The van der Waals surface area contributed by atoms with Crippen molar-refractivity contribution in [3.05, 3.63) is 17.8 Å². The quantitative estimate of drug-likeness (QED) is 0.813. The summed E-state index contributed by atoms with van der Waals surface area (Å²) in [5, 5.41) is 0. The normalized spacial score (nSPS) is 22.4. The van der Waals surface area contributed by atoms with Crippen LogP contribution in [0.5, 0.6) is 0 Å². The van der Waals surface area contributed by atoms with Crippen molar-refractivity contribution in [1.82, 2.24) is 9.88 Å². The van der Waals surface area contributed by atoms with E-state index in [9.17, 15) is 0 Å². The molecule has 0 saturated carbocycles. The van der Waals surface area contributed by atoms with Gasteiger partial charge in [0.15, 0.2) is 0 Å². The minimum atomic E-state index is 0.386. The van der Waals surface area contributed by atoms with Crippen molar-refractivity contribution in [2.75, 3.05) is 20.1 Å². The summed E-state index contributed by atoms with van der Waals surface area (Å²) >= 11 is 0. The Kier molecular flexibility index (Phi) is 3.38. The molecular formula is C11H19N3O. The first-order valence-electron chi connectivity index (χ1n) is 5.66. The number of rotatable bonds is 4. The summed E-state index contributed by atoms with van der Waals surface area (Å²) in [6.45, 7) is 1.85. The number of likely N-dealkylation sites (tertiary alicyclic amines) is 1. The minimum Gasteiger partial charge on any atom is -0.444 e. The number of nitrogens with two attached hydrogens (primary N) is 1. The molecule has 4 heteroatoms. The number of aryl methyl sites for hydroxylation is 1. The SMILES string of the molecule is CN1CCCC1c1ncc(CCCN)o1. The van der Waals surface area contributed by atoms with Gasteiger partial charge in [0, 0.05) is 6.42 Å². The van der Waals surface area contributed by atoms with Crippen molar-refractivity contribution in [3.63, 3.8) is 0 Å². The van der Waals surface area contributed by atoms with Crippen LogP contribution in [0.1, 0.15) is 37.0 Å². The highest BCUT2D eigenvalue weighted by molar-refractivity contribution is 5.00. The third-order valence-corrected chi connectivity index (χ3v) is 3.00. The predicted octanol–water partition coefficient (Wildman–Crippen LogP) is 1.33. The Balaban J connectivity index is 1.99. The molecule has 1 aromatic rings. The molecule has 1 saturated heterocycles. The third-order valence-electron chi connectivity index (χ3n) is 3.00. The smallest absolute Gasteiger partial charge is 0.211 e. The lowest BCUT2D eigenvalue weighted by Gasteiger charge is -2.15. The van der Waals surface area contributed by atoms with Crippen molar-refractivity contribution in [1.29, 1.82) is 0 Å². The minimum absolute atomic E-state index is 0.386. The van der Waals surface area contributed by atoms with Gasteiger partial charge in [0.05, 0.1) is 12.2 Å². The second kappa shape index (κ2) is 4.77. The number of aromatic nitrogens is 1. The van der Waals surface area contributed by atoms with Crippen LogP contribution in [0, 0.1) is 0 Å². The monoisotopic (exact) mass is 209 g/mol. The Morgan fingerprint density at radius 2 is 2.53 bits per heavy atom.